The Morgan fingerprint density at radius 1 is 0.412 bits per heavy atom. The molecule has 0 amide bonds. The molecule has 186 valence electrons. The smallest absolute Gasteiger partial charge is 0.166 e. The van der Waals surface area contributed by atoms with Crippen molar-refractivity contribution in [3.63, 3.8) is 0 Å². The van der Waals surface area contributed by atoms with Crippen LogP contribution in [-0.2, 0) is 0 Å². The van der Waals surface area contributed by atoms with E-state index in [9.17, 15) is 52.7 Å². The summed E-state index contributed by atoms with van der Waals surface area (Å²) in [5.41, 5.74) is -6.95. The molecule has 34 heavy (non-hydrogen) atoms. The highest BCUT2D eigenvalue weighted by Crippen LogP contribution is 2.55. The van der Waals surface area contributed by atoms with Crippen LogP contribution in [0.2, 0.25) is 0 Å². The maximum Gasteiger partial charge on any atom is 0.423 e. The first-order valence-electron chi connectivity index (χ1n) is 8.66. The number of rotatable bonds is 5. The molecule has 0 nitrogen and oxygen atoms in total. The quantitative estimate of drug-likeness (QED) is 0.210. The van der Waals surface area contributed by atoms with Crippen LogP contribution >= 0.6 is 23.5 Å². The Morgan fingerprint density at radius 3 is 0.882 bits per heavy atom. The molecule has 0 saturated heterocycles. The molecule has 2 aromatic rings. The van der Waals surface area contributed by atoms with Gasteiger partial charge in [-0.15, -0.1) is 0 Å². The maximum absolute atomic E-state index is 13.8. The molecule has 0 saturated carbocycles. The topological polar surface area (TPSA) is 0 Å². The largest absolute Gasteiger partial charge is 0.423 e. The fourth-order valence-electron chi connectivity index (χ4n) is 2.48. The zero-order valence-corrected chi connectivity index (χ0v) is 17.8. The minimum absolute atomic E-state index is 0.567. The van der Waals surface area contributed by atoms with Gasteiger partial charge >= 0.3 is 24.7 Å². The van der Waals surface area contributed by atoms with Crippen molar-refractivity contribution in [3.05, 3.63) is 81.6 Å². The van der Waals surface area contributed by atoms with Crippen LogP contribution in [0.5, 0.6) is 0 Å². The van der Waals surface area contributed by atoms with Crippen LogP contribution < -0.4 is 0 Å². The predicted octanol–water partition coefficient (Wildman–Crippen LogP) is 9.33. The van der Waals surface area contributed by atoms with E-state index in [1.54, 1.807) is 0 Å². The average Bonchev–Trinajstić information content (AvgIpc) is 2.67. The number of hydrogen-bond donors (Lipinski definition) is 0. The van der Waals surface area contributed by atoms with Gasteiger partial charge in [-0.25, -0.2) is 0 Å². The Morgan fingerprint density at radius 2 is 0.676 bits per heavy atom. The second kappa shape index (κ2) is 10.2. The van der Waals surface area contributed by atoms with Crippen LogP contribution in [-0.4, -0.2) is 24.7 Å². The molecule has 0 spiro atoms. The van der Waals surface area contributed by atoms with Gasteiger partial charge in [-0.2, -0.15) is 52.7 Å². The SMILES string of the molecule is FC(F)(F)/C(Sc1ccccc1)=C(\C(=C(/Sc1ccccc1)C(F)(F)F)C(F)(F)F)C(F)(F)F. The Hall–Kier alpha value is -2.22. The fraction of sp³-hybridized carbons (Fsp3) is 0.200. The first-order chi connectivity index (χ1) is 15.4. The van der Waals surface area contributed by atoms with Crippen molar-refractivity contribution in [2.45, 2.75) is 34.5 Å². The number of benzene rings is 2. The van der Waals surface area contributed by atoms with Crippen LogP contribution in [0.1, 0.15) is 0 Å². The van der Waals surface area contributed by atoms with Crippen LogP contribution in [0.4, 0.5) is 52.7 Å². The predicted molar refractivity (Wildman–Crippen MR) is 103 cm³/mol. The summed E-state index contributed by atoms with van der Waals surface area (Å²) in [6.07, 6.45) is -25.1. The van der Waals surface area contributed by atoms with E-state index in [4.69, 9.17) is 0 Å². The van der Waals surface area contributed by atoms with Crippen molar-refractivity contribution < 1.29 is 52.7 Å². The summed E-state index contributed by atoms with van der Waals surface area (Å²) >= 11 is -1.53. The van der Waals surface area contributed by atoms with Gasteiger partial charge < -0.3 is 0 Å². The third kappa shape index (κ3) is 7.39. The summed E-state index contributed by atoms with van der Waals surface area (Å²) in [5.74, 6) is 0. The second-order valence-corrected chi connectivity index (χ2v) is 8.40. The number of allylic oxidation sites excluding steroid dienone is 4. The van der Waals surface area contributed by atoms with Crippen LogP contribution in [0.25, 0.3) is 0 Å². The van der Waals surface area contributed by atoms with Gasteiger partial charge in [0.1, 0.15) is 9.81 Å². The van der Waals surface area contributed by atoms with E-state index < -0.39 is 79.0 Å². The van der Waals surface area contributed by atoms with E-state index >= 15 is 0 Å². The molecule has 0 aliphatic heterocycles. The molecule has 0 unspecified atom stereocenters. The molecule has 2 aromatic carbocycles. The molecule has 0 radical (unpaired) electrons. The normalized spacial score (nSPS) is 15.1. The van der Waals surface area contributed by atoms with Gasteiger partial charge in [0, 0.05) is 9.79 Å². The van der Waals surface area contributed by atoms with Crippen LogP contribution in [0, 0.1) is 0 Å². The Balaban J connectivity index is 3.02. The number of hydrogen-bond acceptors (Lipinski definition) is 2. The molecule has 0 atom stereocenters. The van der Waals surface area contributed by atoms with E-state index in [-0.39, 0.29) is 0 Å². The monoisotopic (exact) mass is 542 g/mol. The highest BCUT2D eigenvalue weighted by molar-refractivity contribution is 8.03. The summed E-state index contributed by atoms with van der Waals surface area (Å²) in [6, 6.07) is 10.4. The van der Waals surface area contributed by atoms with Gasteiger partial charge in [-0.05, 0) is 24.3 Å². The first kappa shape index (κ1) is 28.0. The molecule has 2 rings (SSSR count). The van der Waals surface area contributed by atoms with Crippen LogP contribution in [0.15, 0.2) is 91.4 Å². The lowest BCUT2D eigenvalue weighted by atomic mass is 10.0. The third-order valence-corrected chi connectivity index (χ3v) is 6.01. The van der Waals surface area contributed by atoms with Crippen molar-refractivity contribution in [2.75, 3.05) is 0 Å². The standard InChI is InChI=1S/C20H10F12S2/c21-17(22,23)13(15(19(27,28)29)33-11-7-3-1-4-8-11)14(18(24,25)26)16(20(30,31)32)34-12-9-5-2-6-10-12/h1-10H/b15-13-,16-14+. The van der Waals surface area contributed by atoms with E-state index in [1.165, 1.54) is 12.1 Å². The highest BCUT2D eigenvalue weighted by atomic mass is 32.2. The Kier molecular flexibility index (Phi) is 8.39. The maximum atomic E-state index is 13.8. The molecule has 0 heterocycles. The number of halogens is 12. The summed E-state index contributed by atoms with van der Waals surface area (Å²) < 4.78 is 165. The third-order valence-electron chi connectivity index (χ3n) is 3.71. The number of alkyl halides is 12. The minimum Gasteiger partial charge on any atom is -0.166 e. The van der Waals surface area contributed by atoms with E-state index in [1.807, 2.05) is 0 Å². The zero-order chi connectivity index (χ0) is 25.9. The Labute approximate surface area is 192 Å². The lowest BCUT2D eigenvalue weighted by molar-refractivity contribution is -0.131. The molecular weight excluding hydrogens is 532 g/mol. The minimum atomic E-state index is -6.45. The molecule has 0 fully saturated rings. The van der Waals surface area contributed by atoms with Gasteiger partial charge in [-0.3, -0.25) is 0 Å². The van der Waals surface area contributed by atoms with Crippen molar-refractivity contribution in [1.82, 2.24) is 0 Å². The zero-order valence-electron chi connectivity index (χ0n) is 16.1. The lowest BCUT2D eigenvalue weighted by Gasteiger charge is -2.26. The summed E-state index contributed by atoms with van der Waals surface area (Å²) in [5, 5.41) is 0. The van der Waals surface area contributed by atoms with Gasteiger partial charge in [0.25, 0.3) is 0 Å². The molecule has 0 aliphatic rings. The summed E-state index contributed by atoms with van der Waals surface area (Å²) in [6.45, 7) is 0. The fourth-order valence-corrected chi connectivity index (χ4v) is 4.41. The van der Waals surface area contributed by atoms with Crippen molar-refractivity contribution in [1.29, 1.82) is 0 Å². The van der Waals surface area contributed by atoms with Gasteiger partial charge in [0.2, 0.25) is 0 Å². The molecular formula is C20H10F12S2. The highest BCUT2D eigenvalue weighted by Gasteiger charge is 2.57. The van der Waals surface area contributed by atoms with Gasteiger partial charge in [0.15, 0.2) is 0 Å². The lowest BCUT2D eigenvalue weighted by Crippen LogP contribution is -2.31. The molecule has 0 aromatic heterocycles. The molecule has 0 bridgehead atoms. The van der Waals surface area contributed by atoms with Gasteiger partial charge in [-0.1, -0.05) is 59.9 Å². The molecule has 0 aliphatic carbocycles. The van der Waals surface area contributed by atoms with Gasteiger partial charge in [0.05, 0.1) is 11.1 Å². The average molecular weight is 542 g/mol. The molecule has 14 heteroatoms. The second-order valence-electron chi connectivity index (χ2n) is 6.23. The number of thioether (sulfide) groups is 2. The van der Waals surface area contributed by atoms with Crippen molar-refractivity contribution in [3.8, 4) is 0 Å². The van der Waals surface area contributed by atoms with Crippen molar-refractivity contribution in [2.24, 2.45) is 0 Å². The first-order valence-corrected chi connectivity index (χ1v) is 10.3. The van der Waals surface area contributed by atoms with Crippen molar-refractivity contribution >= 4 is 23.5 Å². The summed E-state index contributed by atoms with van der Waals surface area (Å²) in [4.78, 5) is -6.90. The van der Waals surface area contributed by atoms with E-state index in [2.05, 4.69) is 0 Å². The Bertz CT molecular complexity index is 942. The van der Waals surface area contributed by atoms with Crippen LogP contribution in [0.3, 0.4) is 0 Å². The van der Waals surface area contributed by atoms with E-state index in [0.29, 0.717) is 0 Å². The van der Waals surface area contributed by atoms with E-state index in [0.717, 1.165) is 48.5 Å². The molecule has 0 N–H and O–H groups in total. The summed E-state index contributed by atoms with van der Waals surface area (Å²) in [7, 11) is 0.